The third-order valence-corrected chi connectivity index (χ3v) is 3.07. The van der Waals surface area contributed by atoms with Gasteiger partial charge in [0.15, 0.2) is 6.61 Å². The molecule has 3 aromatic rings. The van der Waals surface area contributed by atoms with Crippen LogP contribution in [0.25, 0.3) is 10.9 Å². The van der Waals surface area contributed by atoms with Gasteiger partial charge in [-0.25, -0.2) is 4.39 Å². The molecule has 0 atom stereocenters. The summed E-state index contributed by atoms with van der Waals surface area (Å²) in [7, 11) is 0. The minimum atomic E-state index is -0.406. The van der Waals surface area contributed by atoms with Crippen LogP contribution in [0.1, 0.15) is 0 Å². The van der Waals surface area contributed by atoms with Gasteiger partial charge in [-0.2, -0.15) is 0 Å². The van der Waals surface area contributed by atoms with Crippen LogP contribution in [-0.2, 0) is 4.79 Å². The molecule has 0 aliphatic carbocycles. The van der Waals surface area contributed by atoms with E-state index in [4.69, 9.17) is 4.74 Å². The van der Waals surface area contributed by atoms with Crippen molar-refractivity contribution in [2.45, 2.75) is 0 Å². The van der Waals surface area contributed by atoms with E-state index in [1.165, 1.54) is 18.2 Å². The predicted molar refractivity (Wildman–Crippen MR) is 82.3 cm³/mol. The normalized spacial score (nSPS) is 10.4. The van der Waals surface area contributed by atoms with Crippen LogP contribution in [0.5, 0.6) is 5.75 Å². The third-order valence-electron chi connectivity index (χ3n) is 3.07. The average Bonchev–Trinajstić information content (AvgIpc) is 2.53. The van der Waals surface area contributed by atoms with Gasteiger partial charge in [-0.05, 0) is 24.3 Å². The number of carbonyl (C=O) groups excluding carboxylic acids is 1. The first-order chi connectivity index (χ1) is 10.7. The summed E-state index contributed by atoms with van der Waals surface area (Å²) in [4.78, 5) is 16.2. The Labute approximate surface area is 126 Å². The number of fused-ring (bicyclic) bond motifs is 1. The number of nitrogens with zero attached hydrogens (tertiary/aromatic N) is 1. The summed E-state index contributed by atoms with van der Waals surface area (Å²) in [5.74, 6) is -0.426. The molecule has 0 unspecified atom stereocenters. The Morgan fingerprint density at radius 3 is 2.82 bits per heavy atom. The highest BCUT2D eigenvalue weighted by Crippen LogP contribution is 2.20. The summed E-state index contributed by atoms with van der Waals surface area (Å²) in [5.41, 5.74) is 1.33. The molecule has 0 bridgehead atoms. The Bertz CT molecular complexity index is 815. The number of hydrogen-bond donors (Lipinski definition) is 1. The Hall–Kier alpha value is -2.95. The smallest absolute Gasteiger partial charge is 0.262 e. The summed E-state index contributed by atoms with van der Waals surface area (Å²) in [6.45, 7) is -0.202. The molecule has 1 amide bonds. The molecule has 1 aromatic heterocycles. The number of para-hydroxylation sites is 1. The predicted octanol–water partition coefficient (Wildman–Crippen LogP) is 3.39. The Kier molecular flexibility index (Phi) is 3.96. The van der Waals surface area contributed by atoms with Gasteiger partial charge in [0.25, 0.3) is 5.91 Å². The first kappa shape index (κ1) is 14.0. The van der Waals surface area contributed by atoms with Crippen molar-refractivity contribution in [1.29, 1.82) is 0 Å². The van der Waals surface area contributed by atoms with E-state index >= 15 is 0 Å². The van der Waals surface area contributed by atoms with Gasteiger partial charge in [-0.3, -0.25) is 9.78 Å². The van der Waals surface area contributed by atoms with E-state index in [1.807, 2.05) is 24.3 Å². The van der Waals surface area contributed by atoms with Crippen LogP contribution in [0.2, 0.25) is 0 Å². The summed E-state index contributed by atoms with van der Waals surface area (Å²) >= 11 is 0. The van der Waals surface area contributed by atoms with Gasteiger partial charge >= 0.3 is 0 Å². The lowest BCUT2D eigenvalue weighted by Crippen LogP contribution is -2.20. The quantitative estimate of drug-likeness (QED) is 0.803. The van der Waals surface area contributed by atoms with E-state index < -0.39 is 5.82 Å². The average molecular weight is 296 g/mol. The van der Waals surface area contributed by atoms with Gasteiger partial charge in [0, 0.05) is 17.6 Å². The number of benzene rings is 2. The van der Waals surface area contributed by atoms with Crippen LogP contribution in [0.4, 0.5) is 10.1 Å². The van der Waals surface area contributed by atoms with Crippen molar-refractivity contribution in [3.8, 4) is 5.75 Å². The number of halogens is 1. The van der Waals surface area contributed by atoms with Crippen molar-refractivity contribution in [3.63, 3.8) is 0 Å². The molecule has 4 nitrogen and oxygen atoms in total. The maximum Gasteiger partial charge on any atom is 0.262 e. The number of nitrogens with one attached hydrogen (secondary N) is 1. The maximum absolute atomic E-state index is 13.0. The van der Waals surface area contributed by atoms with Crippen LogP contribution in [0.15, 0.2) is 60.8 Å². The summed E-state index contributed by atoms with van der Waals surface area (Å²) in [5, 5.41) is 3.69. The zero-order valence-corrected chi connectivity index (χ0v) is 11.6. The Morgan fingerprint density at radius 1 is 1.14 bits per heavy atom. The fourth-order valence-corrected chi connectivity index (χ4v) is 2.10. The lowest BCUT2D eigenvalue weighted by atomic mass is 10.2. The molecule has 1 N–H and O–H groups in total. The maximum atomic E-state index is 13.0. The second-order valence-corrected chi connectivity index (χ2v) is 4.67. The number of hydrogen-bond acceptors (Lipinski definition) is 3. The molecule has 3 rings (SSSR count). The standard InChI is InChI=1S/C17H13FN2O2/c18-13-6-2-7-14(10-13)22-11-16(21)20-15-8-1-4-12-5-3-9-19-17(12)15/h1-10H,11H2,(H,20,21). The van der Waals surface area contributed by atoms with Crippen molar-refractivity contribution in [2.75, 3.05) is 11.9 Å². The van der Waals surface area contributed by atoms with E-state index in [0.29, 0.717) is 17.0 Å². The minimum absolute atomic E-state index is 0.202. The minimum Gasteiger partial charge on any atom is -0.484 e. The van der Waals surface area contributed by atoms with Crippen molar-refractivity contribution in [1.82, 2.24) is 4.98 Å². The van der Waals surface area contributed by atoms with Gasteiger partial charge in [-0.15, -0.1) is 0 Å². The van der Waals surface area contributed by atoms with Gasteiger partial charge in [0.1, 0.15) is 11.6 Å². The molecule has 5 heteroatoms. The lowest BCUT2D eigenvalue weighted by Gasteiger charge is -2.09. The van der Waals surface area contributed by atoms with Crippen LogP contribution < -0.4 is 10.1 Å². The second-order valence-electron chi connectivity index (χ2n) is 4.67. The first-order valence-corrected chi connectivity index (χ1v) is 6.74. The number of pyridine rings is 1. The number of aromatic nitrogens is 1. The summed E-state index contributed by atoms with van der Waals surface area (Å²) in [6.07, 6.45) is 1.67. The topological polar surface area (TPSA) is 51.2 Å². The van der Waals surface area contributed by atoms with Gasteiger partial charge in [0.2, 0.25) is 0 Å². The highest BCUT2D eigenvalue weighted by Gasteiger charge is 2.07. The van der Waals surface area contributed by atoms with Gasteiger partial charge < -0.3 is 10.1 Å². The van der Waals surface area contributed by atoms with Crippen LogP contribution in [-0.4, -0.2) is 17.5 Å². The molecule has 22 heavy (non-hydrogen) atoms. The van der Waals surface area contributed by atoms with Crippen LogP contribution >= 0.6 is 0 Å². The highest BCUT2D eigenvalue weighted by molar-refractivity contribution is 6.00. The van der Waals surface area contributed by atoms with E-state index in [1.54, 1.807) is 18.3 Å². The van der Waals surface area contributed by atoms with Crippen LogP contribution in [0, 0.1) is 5.82 Å². The molecule has 1 heterocycles. The molecule has 0 aliphatic rings. The zero-order valence-electron chi connectivity index (χ0n) is 11.6. The summed E-state index contributed by atoms with van der Waals surface area (Å²) in [6, 6.07) is 14.9. The molecular formula is C17H13FN2O2. The van der Waals surface area contributed by atoms with E-state index in [9.17, 15) is 9.18 Å². The number of anilines is 1. The van der Waals surface area contributed by atoms with Crippen LogP contribution in [0.3, 0.4) is 0 Å². The van der Waals surface area contributed by atoms with Crippen molar-refractivity contribution in [2.24, 2.45) is 0 Å². The summed E-state index contributed by atoms with van der Waals surface area (Å²) < 4.78 is 18.3. The highest BCUT2D eigenvalue weighted by atomic mass is 19.1. The molecule has 0 fully saturated rings. The number of rotatable bonds is 4. The van der Waals surface area contributed by atoms with E-state index in [0.717, 1.165) is 5.39 Å². The van der Waals surface area contributed by atoms with Gasteiger partial charge in [0.05, 0.1) is 11.2 Å². The molecular weight excluding hydrogens is 283 g/mol. The Morgan fingerprint density at radius 2 is 1.95 bits per heavy atom. The molecule has 0 saturated carbocycles. The fourth-order valence-electron chi connectivity index (χ4n) is 2.10. The largest absolute Gasteiger partial charge is 0.484 e. The van der Waals surface area contributed by atoms with Gasteiger partial charge in [-0.1, -0.05) is 24.3 Å². The van der Waals surface area contributed by atoms with Crippen molar-refractivity contribution >= 4 is 22.5 Å². The number of amides is 1. The fraction of sp³-hybridized carbons (Fsp3) is 0.0588. The van der Waals surface area contributed by atoms with E-state index in [-0.39, 0.29) is 12.5 Å². The lowest BCUT2D eigenvalue weighted by molar-refractivity contribution is -0.118. The molecule has 2 aromatic carbocycles. The molecule has 0 spiro atoms. The molecule has 110 valence electrons. The molecule has 0 saturated heterocycles. The van der Waals surface area contributed by atoms with E-state index in [2.05, 4.69) is 10.3 Å². The van der Waals surface area contributed by atoms with Crippen molar-refractivity contribution < 1.29 is 13.9 Å². The second kappa shape index (κ2) is 6.22. The first-order valence-electron chi connectivity index (χ1n) is 6.74. The molecule has 0 aliphatic heterocycles. The zero-order chi connectivity index (χ0) is 15.4. The monoisotopic (exact) mass is 296 g/mol. The number of ether oxygens (including phenoxy) is 1. The molecule has 0 radical (unpaired) electrons. The Balaban J connectivity index is 1.68. The SMILES string of the molecule is O=C(COc1cccc(F)c1)Nc1cccc2cccnc12. The number of carbonyl (C=O) groups is 1. The third kappa shape index (κ3) is 3.20. The van der Waals surface area contributed by atoms with Crippen molar-refractivity contribution in [3.05, 3.63) is 66.6 Å².